The predicted molar refractivity (Wildman–Crippen MR) is 77.9 cm³/mol. The minimum Gasteiger partial charge on any atom is -0.375 e. The maximum absolute atomic E-state index is 12.1. The molecule has 3 rings (SSSR count). The van der Waals surface area contributed by atoms with Crippen molar-refractivity contribution >= 4 is 11.8 Å². The summed E-state index contributed by atoms with van der Waals surface area (Å²) in [6.07, 6.45) is 0. The molecule has 0 N–H and O–H groups in total. The van der Waals surface area contributed by atoms with Gasteiger partial charge in [-0.05, 0) is 17.7 Å². The Morgan fingerprint density at radius 2 is 1.38 bits per heavy atom. The van der Waals surface area contributed by atoms with Crippen molar-refractivity contribution in [1.29, 1.82) is 0 Å². The summed E-state index contributed by atoms with van der Waals surface area (Å²) in [5.41, 5.74) is 2.02. The third-order valence-electron chi connectivity index (χ3n) is 3.45. The molecule has 2 aromatic carbocycles. The van der Waals surface area contributed by atoms with Gasteiger partial charge in [-0.1, -0.05) is 42.5 Å². The number of ether oxygens (including phenoxy) is 1. The molecule has 0 fully saturated rings. The number of benzene rings is 2. The molecule has 0 spiro atoms. The van der Waals surface area contributed by atoms with Gasteiger partial charge in [0.15, 0.2) is 0 Å². The van der Waals surface area contributed by atoms with Gasteiger partial charge in [-0.25, -0.2) is 0 Å². The highest BCUT2D eigenvalue weighted by atomic mass is 16.5. The zero-order chi connectivity index (χ0) is 14.7. The molecule has 4 nitrogen and oxygen atoms in total. The molecular weight excluding hydrogens is 266 g/mol. The number of carbonyl (C=O) groups is 2. The maximum atomic E-state index is 12.1. The molecular formula is C17H15NO3. The van der Waals surface area contributed by atoms with E-state index in [1.165, 1.54) is 4.90 Å². The third kappa shape index (κ3) is 2.71. The fraction of sp³-hybridized carbons (Fsp3) is 0.176. The smallest absolute Gasteiger partial charge is 0.261 e. The van der Waals surface area contributed by atoms with E-state index in [0.717, 1.165) is 5.56 Å². The molecule has 21 heavy (non-hydrogen) atoms. The summed E-state index contributed by atoms with van der Waals surface area (Å²) < 4.78 is 5.53. The van der Waals surface area contributed by atoms with Gasteiger partial charge in [0.2, 0.25) is 0 Å². The summed E-state index contributed by atoms with van der Waals surface area (Å²) in [5.74, 6) is -0.474. The van der Waals surface area contributed by atoms with Crippen molar-refractivity contribution in [3.8, 4) is 0 Å². The zero-order valence-electron chi connectivity index (χ0n) is 11.5. The van der Waals surface area contributed by atoms with Crippen LogP contribution < -0.4 is 0 Å². The summed E-state index contributed by atoms with van der Waals surface area (Å²) in [6.45, 7) is 1.09. The number of imide groups is 1. The molecule has 0 bridgehead atoms. The molecule has 0 saturated carbocycles. The van der Waals surface area contributed by atoms with Gasteiger partial charge in [0, 0.05) is 0 Å². The van der Waals surface area contributed by atoms with Gasteiger partial charge < -0.3 is 4.74 Å². The van der Waals surface area contributed by atoms with E-state index in [9.17, 15) is 9.59 Å². The van der Waals surface area contributed by atoms with Gasteiger partial charge >= 0.3 is 0 Å². The second kappa shape index (κ2) is 5.89. The van der Waals surface area contributed by atoms with Crippen LogP contribution in [-0.4, -0.2) is 29.9 Å². The SMILES string of the molecule is O=C1c2ccccc2C(=O)N1CCOCc1ccccc1. The first-order valence-corrected chi connectivity index (χ1v) is 6.84. The first-order valence-electron chi connectivity index (χ1n) is 6.84. The maximum Gasteiger partial charge on any atom is 0.261 e. The molecule has 0 atom stereocenters. The predicted octanol–water partition coefficient (Wildman–Crippen LogP) is 2.50. The fourth-order valence-electron chi connectivity index (χ4n) is 2.36. The lowest BCUT2D eigenvalue weighted by molar-refractivity contribution is 0.0545. The lowest BCUT2D eigenvalue weighted by Gasteiger charge is -2.13. The summed E-state index contributed by atoms with van der Waals surface area (Å²) >= 11 is 0. The Bertz CT molecular complexity index is 632. The van der Waals surface area contributed by atoms with E-state index < -0.39 is 0 Å². The normalized spacial score (nSPS) is 13.6. The zero-order valence-corrected chi connectivity index (χ0v) is 11.5. The molecule has 1 heterocycles. The standard InChI is InChI=1S/C17H15NO3/c19-16-14-8-4-5-9-15(14)17(20)18(16)10-11-21-12-13-6-2-1-3-7-13/h1-9H,10-12H2. The Morgan fingerprint density at radius 1 is 0.810 bits per heavy atom. The molecule has 0 saturated heterocycles. The number of hydrogen-bond donors (Lipinski definition) is 0. The van der Waals surface area contributed by atoms with E-state index in [1.807, 2.05) is 30.3 Å². The molecule has 0 aliphatic carbocycles. The third-order valence-corrected chi connectivity index (χ3v) is 3.45. The van der Waals surface area contributed by atoms with Crippen molar-refractivity contribution in [2.45, 2.75) is 6.61 Å². The van der Waals surface area contributed by atoms with Crippen molar-refractivity contribution in [3.63, 3.8) is 0 Å². The molecule has 1 aliphatic rings. The van der Waals surface area contributed by atoms with E-state index in [-0.39, 0.29) is 18.4 Å². The molecule has 0 aromatic heterocycles. The van der Waals surface area contributed by atoms with Crippen LogP contribution in [0.4, 0.5) is 0 Å². The minimum atomic E-state index is -0.237. The van der Waals surface area contributed by atoms with E-state index in [4.69, 9.17) is 4.74 Å². The van der Waals surface area contributed by atoms with Crippen LogP contribution in [0.2, 0.25) is 0 Å². The second-order valence-electron chi connectivity index (χ2n) is 4.85. The Labute approximate surface area is 123 Å². The Kier molecular flexibility index (Phi) is 3.79. The average molecular weight is 281 g/mol. The van der Waals surface area contributed by atoms with Crippen molar-refractivity contribution in [3.05, 3.63) is 71.3 Å². The summed E-state index contributed by atoms with van der Waals surface area (Å²) in [7, 11) is 0. The first-order chi connectivity index (χ1) is 10.3. The highest BCUT2D eigenvalue weighted by Gasteiger charge is 2.34. The molecule has 0 unspecified atom stereocenters. The Hall–Kier alpha value is -2.46. The minimum absolute atomic E-state index is 0.237. The average Bonchev–Trinajstić information content (AvgIpc) is 2.77. The largest absolute Gasteiger partial charge is 0.375 e. The van der Waals surface area contributed by atoms with Gasteiger partial charge in [0.25, 0.3) is 11.8 Å². The van der Waals surface area contributed by atoms with Gasteiger partial charge in [0.1, 0.15) is 0 Å². The van der Waals surface area contributed by atoms with Crippen LogP contribution in [0, 0.1) is 0 Å². The van der Waals surface area contributed by atoms with Crippen LogP contribution in [0.5, 0.6) is 0 Å². The topological polar surface area (TPSA) is 46.6 Å². The molecule has 2 aromatic rings. The molecule has 106 valence electrons. The van der Waals surface area contributed by atoms with Crippen molar-refractivity contribution in [2.75, 3.05) is 13.2 Å². The molecule has 2 amide bonds. The van der Waals surface area contributed by atoms with E-state index >= 15 is 0 Å². The number of carbonyl (C=O) groups excluding carboxylic acids is 2. The number of amides is 2. The van der Waals surface area contributed by atoms with Crippen LogP contribution >= 0.6 is 0 Å². The Morgan fingerprint density at radius 3 is 2.00 bits per heavy atom. The van der Waals surface area contributed by atoms with Crippen molar-refractivity contribution in [1.82, 2.24) is 4.90 Å². The van der Waals surface area contributed by atoms with Crippen LogP contribution in [0.1, 0.15) is 26.3 Å². The van der Waals surface area contributed by atoms with E-state index in [2.05, 4.69) is 0 Å². The molecule has 1 aliphatic heterocycles. The number of fused-ring (bicyclic) bond motifs is 1. The lowest BCUT2D eigenvalue weighted by Crippen LogP contribution is -2.33. The highest BCUT2D eigenvalue weighted by Crippen LogP contribution is 2.21. The monoisotopic (exact) mass is 281 g/mol. The quantitative estimate of drug-likeness (QED) is 0.625. The van der Waals surface area contributed by atoms with Crippen LogP contribution in [0.3, 0.4) is 0 Å². The summed E-state index contributed by atoms with van der Waals surface area (Å²) in [6, 6.07) is 16.7. The number of hydrogen-bond acceptors (Lipinski definition) is 3. The number of rotatable bonds is 5. The highest BCUT2D eigenvalue weighted by molar-refractivity contribution is 6.21. The van der Waals surface area contributed by atoms with Gasteiger partial charge in [-0.3, -0.25) is 14.5 Å². The van der Waals surface area contributed by atoms with E-state index in [0.29, 0.717) is 24.3 Å². The van der Waals surface area contributed by atoms with E-state index in [1.54, 1.807) is 24.3 Å². The summed E-state index contributed by atoms with van der Waals surface area (Å²) in [4.78, 5) is 25.5. The molecule has 4 heteroatoms. The van der Waals surface area contributed by atoms with Crippen LogP contribution in [0.25, 0.3) is 0 Å². The lowest BCUT2D eigenvalue weighted by atomic mass is 10.1. The Balaban J connectivity index is 1.55. The molecule has 0 radical (unpaired) electrons. The van der Waals surface area contributed by atoms with Crippen LogP contribution in [0.15, 0.2) is 54.6 Å². The second-order valence-corrected chi connectivity index (χ2v) is 4.85. The fourth-order valence-corrected chi connectivity index (χ4v) is 2.36. The van der Waals surface area contributed by atoms with Crippen molar-refractivity contribution in [2.24, 2.45) is 0 Å². The van der Waals surface area contributed by atoms with Crippen LogP contribution in [-0.2, 0) is 11.3 Å². The van der Waals surface area contributed by atoms with Gasteiger partial charge in [-0.2, -0.15) is 0 Å². The van der Waals surface area contributed by atoms with Crippen molar-refractivity contribution < 1.29 is 14.3 Å². The summed E-state index contributed by atoms with van der Waals surface area (Å²) in [5, 5.41) is 0. The first kappa shape index (κ1) is 13.5. The van der Waals surface area contributed by atoms with Gasteiger partial charge in [-0.15, -0.1) is 0 Å². The van der Waals surface area contributed by atoms with Gasteiger partial charge in [0.05, 0.1) is 30.9 Å². The number of nitrogens with zero attached hydrogens (tertiary/aromatic N) is 1.